The molecule has 1 spiro atoms. The van der Waals surface area contributed by atoms with Gasteiger partial charge in [-0.3, -0.25) is 0 Å². The zero-order valence-corrected chi connectivity index (χ0v) is 37.3. The standard InChI is InChI=1S/C59H52N2O2S/c1-5-14-51-52-17-10-12-19-56(52)61(55(51)7-3)48-28-23-43(24-29-48)42-21-26-47(27-22-42)60(49-30-25-41-15-8-9-16-44(41)37-49)50-31-32-54-58(38-50)64(62,63)57-20-13-11-18-53(57)59(54)45-33-39(4)34-46(59)36-40(6-2)35-45/h5-32,37-40,45-46H,2-3,33-36H2,1,4H3/b14-5-/t39?,40?,45-,46+,59?. The Morgan fingerprint density at radius 3 is 1.97 bits per heavy atom. The van der Waals surface area contributed by atoms with E-state index in [1.54, 1.807) is 0 Å². The van der Waals surface area contributed by atoms with Crippen molar-refractivity contribution in [2.75, 3.05) is 4.90 Å². The summed E-state index contributed by atoms with van der Waals surface area (Å²) in [6.45, 7) is 12.8. The van der Waals surface area contributed by atoms with Crippen molar-refractivity contribution < 1.29 is 8.42 Å². The van der Waals surface area contributed by atoms with E-state index < -0.39 is 9.84 Å². The molecule has 316 valence electrons. The molecule has 5 atom stereocenters. The van der Waals surface area contributed by atoms with Crippen LogP contribution >= 0.6 is 0 Å². The van der Waals surface area contributed by atoms with E-state index in [9.17, 15) is 0 Å². The molecular formula is C59H52N2O2S. The molecule has 2 fully saturated rings. The number of hydrogen-bond acceptors (Lipinski definition) is 3. The fraction of sp³-hybridized carbons (Fsp3) is 0.186. The third-order valence-corrected chi connectivity index (χ3v) is 16.7. The van der Waals surface area contributed by atoms with E-state index in [4.69, 9.17) is 0 Å². The first kappa shape index (κ1) is 40.1. The van der Waals surface area contributed by atoms with Gasteiger partial charge in [0.15, 0.2) is 0 Å². The van der Waals surface area contributed by atoms with Crippen LogP contribution in [-0.4, -0.2) is 13.0 Å². The van der Waals surface area contributed by atoms with E-state index in [1.165, 1.54) is 5.39 Å². The number of hydrogen-bond donors (Lipinski definition) is 0. The summed E-state index contributed by atoms with van der Waals surface area (Å²) in [5.74, 6) is 1.66. The van der Waals surface area contributed by atoms with Gasteiger partial charge in [-0.05, 0) is 156 Å². The van der Waals surface area contributed by atoms with Crippen molar-refractivity contribution in [2.24, 2.45) is 23.7 Å². The Morgan fingerprint density at radius 2 is 1.25 bits per heavy atom. The third-order valence-electron chi connectivity index (χ3n) is 14.8. The van der Waals surface area contributed by atoms with Crippen molar-refractivity contribution in [3.8, 4) is 16.8 Å². The molecule has 3 aliphatic rings. The summed E-state index contributed by atoms with van der Waals surface area (Å²) in [5, 5.41) is 3.47. The van der Waals surface area contributed by atoms with Crippen LogP contribution in [0.15, 0.2) is 193 Å². The van der Waals surface area contributed by atoms with Gasteiger partial charge in [-0.1, -0.05) is 129 Å². The molecule has 2 aliphatic carbocycles. The predicted octanol–water partition coefficient (Wildman–Crippen LogP) is 15.3. The maximum absolute atomic E-state index is 15.1. The minimum atomic E-state index is -3.84. The zero-order chi connectivity index (χ0) is 43.7. The SMILES string of the molecule is C=Cc1c(/C=C\C)c2ccccc2n1-c1ccc(-c2ccc(N(c3ccc4c(c3)S(=O)(=O)c3ccccc3C43[C@@H]4CC(C)C[C@H]3CC(C=C)C4)c3ccc4ccccc4c3)cc2)cc1. The van der Waals surface area contributed by atoms with Crippen LogP contribution in [0.3, 0.4) is 0 Å². The molecule has 3 unspecified atom stereocenters. The molecule has 1 aromatic heterocycles. The molecule has 2 bridgehead atoms. The van der Waals surface area contributed by atoms with Crippen LogP contribution < -0.4 is 4.90 Å². The molecule has 2 saturated carbocycles. The Labute approximate surface area is 377 Å². The van der Waals surface area contributed by atoms with E-state index in [1.807, 2.05) is 37.3 Å². The summed E-state index contributed by atoms with van der Waals surface area (Å²) in [6, 6.07) is 55.0. The number of rotatable bonds is 8. The van der Waals surface area contributed by atoms with Crippen LogP contribution in [0.1, 0.15) is 61.9 Å². The van der Waals surface area contributed by atoms with Crippen molar-refractivity contribution in [2.45, 2.75) is 54.7 Å². The lowest BCUT2D eigenvalue weighted by Gasteiger charge is -2.59. The van der Waals surface area contributed by atoms with Gasteiger partial charge >= 0.3 is 0 Å². The first-order chi connectivity index (χ1) is 31.2. The van der Waals surface area contributed by atoms with Gasteiger partial charge in [-0.2, -0.15) is 0 Å². The first-order valence-corrected chi connectivity index (χ1v) is 24.2. The Hall–Kier alpha value is -6.69. The predicted molar refractivity (Wildman–Crippen MR) is 267 cm³/mol. The molecule has 64 heavy (non-hydrogen) atoms. The van der Waals surface area contributed by atoms with Crippen LogP contribution in [0.2, 0.25) is 0 Å². The van der Waals surface area contributed by atoms with Gasteiger partial charge in [0, 0.05) is 39.1 Å². The fourth-order valence-corrected chi connectivity index (χ4v) is 14.1. The molecular weight excluding hydrogens is 801 g/mol. The molecule has 4 nitrogen and oxygen atoms in total. The van der Waals surface area contributed by atoms with E-state index in [2.05, 4.69) is 181 Å². The van der Waals surface area contributed by atoms with Gasteiger partial charge in [-0.25, -0.2) is 8.42 Å². The molecule has 11 rings (SSSR count). The van der Waals surface area contributed by atoms with Crippen LogP contribution in [0.5, 0.6) is 0 Å². The molecule has 8 aromatic rings. The number of allylic oxidation sites excluding steroid dienone is 2. The number of nitrogens with zero attached hydrogens (tertiary/aromatic N) is 2. The number of sulfone groups is 1. The highest BCUT2D eigenvalue weighted by molar-refractivity contribution is 7.91. The van der Waals surface area contributed by atoms with Gasteiger partial charge in [0.1, 0.15) is 0 Å². The molecule has 1 aliphatic heterocycles. The molecule has 7 aromatic carbocycles. The van der Waals surface area contributed by atoms with Gasteiger partial charge in [-0.15, -0.1) is 6.58 Å². The van der Waals surface area contributed by atoms with Crippen LogP contribution in [0, 0.1) is 23.7 Å². The Balaban J connectivity index is 1.02. The smallest absolute Gasteiger partial charge is 0.207 e. The highest BCUT2D eigenvalue weighted by atomic mass is 32.2. The topological polar surface area (TPSA) is 42.3 Å². The van der Waals surface area contributed by atoms with Crippen molar-refractivity contribution >= 4 is 60.7 Å². The second-order valence-electron chi connectivity index (χ2n) is 18.3. The van der Waals surface area contributed by atoms with Crippen molar-refractivity contribution in [3.05, 3.63) is 205 Å². The summed E-state index contributed by atoms with van der Waals surface area (Å²) >= 11 is 0. The maximum Gasteiger partial charge on any atom is 0.207 e. The largest absolute Gasteiger partial charge is 0.310 e. The summed E-state index contributed by atoms with van der Waals surface area (Å²) in [4.78, 5) is 3.13. The fourth-order valence-electron chi connectivity index (χ4n) is 12.2. The van der Waals surface area contributed by atoms with Crippen LogP contribution in [-0.2, 0) is 15.3 Å². The molecule has 2 heterocycles. The second kappa shape index (κ2) is 15.5. The average Bonchev–Trinajstić information content (AvgIpc) is 3.64. The van der Waals surface area contributed by atoms with Crippen molar-refractivity contribution in [1.82, 2.24) is 4.57 Å². The highest BCUT2D eigenvalue weighted by Crippen LogP contribution is 2.64. The highest BCUT2D eigenvalue weighted by Gasteiger charge is 2.59. The summed E-state index contributed by atoms with van der Waals surface area (Å²) in [7, 11) is -3.84. The lowest BCUT2D eigenvalue weighted by Crippen LogP contribution is -2.54. The number of para-hydroxylation sites is 1. The minimum absolute atomic E-state index is 0.319. The zero-order valence-electron chi connectivity index (χ0n) is 36.5. The number of aromatic nitrogens is 1. The summed E-state index contributed by atoms with van der Waals surface area (Å²) < 4.78 is 32.4. The van der Waals surface area contributed by atoms with Gasteiger partial charge in [0.25, 0.3) is 0 Å². The molecule has 0 radical (unpaired) electrons. The summed E-state index contributed by atoms with van der Waals surface area (Å²) in [6.07, 6.45) is 12.5. The van der Waals surface area contributed by atoms with E-state index in [-0.39, 0.29) is 5.41 Å². The van der Waals surface area contributed by atoms with Gasteiger partial charge in [0.2, 0.25) is 9.84 Å². The normalized spacial score (nSPS) is 22.0. The van der Waals surface area contributed by atoms with E-state index in [0.29, 0.717) is 33.5 Å². The van der Waals surface area contributed by atoms with E-state index >= 15 is 8.42 Å². The Morgan fingerprint density at radius 1 is 0.641 bits per heavy atom. The second-order valence-corrected chi connectivity index (χ2v) is 20.2. The molecule has 0 amide bonds. The summed E-state index contributed by atoms with van der Waals surface area (Å²) in [5.41, 5.74) is 11.0. The van der Waals surface area contributed by atoms with Crippen molar-refractivity contribution in [1.29, 1.82) is 0 Å². The molecule has 5 heteroatoms. The van der Waals surface area contributed by atoms with Gasteiger partial charge < -0.3 is 9.47 Å². The Bertz CT molecular complexity index is 3270. The average molecular weight is 853 g/mol. The quantitative estimate of drug-likeness (QED) is 0.143. The third kappa shape index (κ3) is 6.12. The van der Waals surface area contributed by atoms with Gasteiger partial charge in [0.05, 0.1) is 21.0 Å². The molecule has 0 saturated heterocycles. The van der Waals surface area contributed by atoms with Crippen molar-refractivity contribution in [3.63, 3.8) is 0 Å². The first-order valence-electron chi connectivity index (χ1n) is 22.7. The van der Waals surface area contributed by atoms with Crippen LogP contribution in [0.4, 0.5) is 17.1 Å². The number of anilines is 3. The monoisotopic (exact) mass is 852 g/mol. The van der Waals surface area contributed by atoms with Crippen LogP contribution in [0.25, 0.3) is 50.6 Å². The lowest BCUT2D eigenvalue weighted by molar-refractivity contribution is 0.0301. The van der Waals surface area contributed by atoms with E-state index in [0.717, 1.165) is 98.2 Å². The minimum Gasteiger partial charge on any atom is -0.310 e. The lowest BCUT2D eigenvalue weighted by atomic mass is 9.46. The number of benzene rings is 7. The molecule has 0 N–H and O–H groups in total. The maximum atomic E-state index is 15.1. The Kier molecular flexibility index (Phi) is 9.73. The number of fused-ring (bicyclic) bond motifs is 4.